The van der Waals surface area contributed by atoms with E-state index in [-0.39, 0.29) is 17.4 Å². The fourth-order valence-electron chi connectivity index (χ4n) is 2.48. The monoisotopic (exact) mass is 433 g/mol. The van der Waals surface area contributed by atoms with E-state index in [9.17, 15) is 31.5 Å². The van der Waals surface area contributed by atoms with Crippen LogP contribution in [0.1, 0.15) is 5.56 Å². The largest absolute Gasteiger partial charge is 0.501 e. The van der Waals surface area contributed by atoms with Crippen molar-refractivity contribution in [2.45, 2.75) is 16.9 Å². The molecule has 0 unspecified atom stereocenters. The van der Waals surface area contributed by atoms with E-state index in [1.165, 1.54) is 12.3 Å². The summed E-state index contributed by atoms with van der Waals surface area (Å²) in [5, 5.41) is 10.3. The van der Waals surface area contributed by atoms with Gasteiger partial charge >= 0.3 is 11.2 Å². The summed E-state index contributed by atoms with van der Waals surface area (Å²) < 4.78 is 62.6. The minimum atomic E-state index is -5.51. The first kappa shape index (κ1) is 20.0. The third-order valence-electron chi connectivity index (χ3n) is 3.79. The molecular formula is C16H11ClF3N3O4S. The minimum Gasteiger partial charge on any atom is -0.493 e. The SMILES string of the molecule is O=c1n(Cc2ccnc(Cl)c2)cc(O)n1-c1ccc(S(=O)(=O)C(F)(F)F)cc1. The van der Waals surface area contributed by atoms with Crippen LogP contribution < -0.4 is 5.69 Å². The number of rotatable bonds is 4. The van der Waals surface area contributed by atoms with E-state index in [1.54, 1.807) is 6.07 Å². The van der Waals surface area contributed by atoms with Crippen LogP contribution in [0.4, 0.5) is 13.2 Å². The van der Waals surface area contributed by atoms with Gasteiger partial charge in [0.05, 0.1) is 23.3 Å². The van der Waals surface area contributed by atoms with Crippen molar-refractivity contribution in [1.82, 2.24) is 14.1 Å². The summed E-state index contributed by atoms with van der Waals surface area (Å²) in [6.45, 7) is 0.0577. The molecule has 0 fully saturated rings. The van der Waals surface area contributed by atoms with E-state index in [1.807, 2.05) is 0 Å². The lowest BCUT2D eigenvalue weighted by molar-refractivity contribution is -0.0436. The maximum Gasteiger partial charge on any atom is 0.501 e. The predicted molar refractivity (Wildman–Crippen MR) is 93.3 cm³/mol. The summed E-state index contributed by atoms with van der Waals surface area (Å²) in [4.78, 5) is 15.4. The van der Waals surface area contributed by atoms with Gasteiger partial charge in [0.25, 0.3) is 9.84 Å². The molecule has 3 aromatic rings. The third kappa shape index (κ3) is 3.62. The fraction of sp³-hybridized carbons (Fsp3) is 0.125. The summed E-state index contributed by atoms with van der Waals surface area (Å²) in [6, 6.07) is 6.55. The van der Waals surface area contributed by atoms with Crippen molar-refractivity contribution in [1.29, 1.82) is 0 Å². The van der Waals surface area contributed by atoms with Crippen molar-refractivity contribution in [3.8, 4) is 11.6 Å². The van der Waals surface area contributed by atoms with Gasteiger partial charge < -0.3 is 5.11 Å². The lowest BCUT2D eigenvalue weighted by atomic mass is 10.3. The van der Waals surface area contributed by atoms with Gasteiger partial charge in [0.15, 0.2) is 0 Å². The van der Waals surface area contributed by atoms with Gasteiger partial charge in [0.2, 0.25) is 5.88 Å². The Hall–Kier alpha value is -2.79. The van der Waals surface area contributed by atoms with Crippen LogP contribution in [0.15, 0.2) is 58.5 Å². The lowest BCUT2D eigenvalue weighted by Gasteiger charge is -2.09. The van der Waals surface area contributed by atoms with Crippen molar-refractivity contribution in [2.75, 3.05) is 0 Å². The molecule has 0 aliphatic carbocycles. The van der Waals surface area contributed by atoms with Crippen LogP contribution in [0.25, 0.3) is 5.69 Å². The molecule has 0 aliphatic heterocycles. The highest BCUT2D eigenvalue weighted by atomic mass is 35.5. The quantitative estimate of drug-likeness (QED) is 0.638. The van der Waals surface area contributed by atoms with Crippen LogP contribution in [-0.2, 0) is 16.4 Å². The average Bonchev–Trinajstić information content (AvgIpc) is 2.87. The van der Waals surface area contributed by atoms with Crippen molar-refractivity contribution < 1.29 is 26.7 Å². The zero-order valence-electron chi connectivity index (χ0n) is 13.8. The number of hydrogen-bond donors (Lipinski definition) is 1. The number of aromatic nitrogens is 3. The molecule has 28 heavy (non-hydrogen) atoms. The van der Waals surface area contributed by atoms with E-state index >= 15 is 0 Å². The van der Waals surface area contributed by atoms with E-state index in [4.69, 9.17) is 11.6 Å². The molecule has 0 amide bonds. The molecule has 0 spiro atoms. The van der Waals surface area contributed by atoms with Gasteiger partial charge in [-0.1, -0.05) is 11.6 Å². The molecular weight excluding hydrogens is 423 g/mol. The van der Waals surface area contributed by atoms with Gasteiger partial charge in [-0.15, -0.1) is 0 Å². The van der Waals surface area contributed by atoms with Gasteiger partial charge in [-0.3, -0.25) is 4.57 Å². The van der Waals surface area contributed by atoms with Crippen molar-refractivity contribution >= 4 is 21.4 Å². The average molecular weight is 434 g/mol. The van der Waals surface area contributed by atoms with Gasteiger partial charge in [0, 0.05) is 6.20 Å². The zero-order valence-corrected chi connectivity index (χ0v) is 15.3. The van der Waals surface area contributed by atoms with E-state index < -0.39 is 31.8 Å². The molecule has 2 aromatic heterocycles. The van der Waals surface area contributed by atoms with Crippen molar-refractivity contribution in [3.05, 3.63) is 70.0 Å². The highest BCUT2D eigenvalue weighted by Gasteiger charge is 2.46. The van der Waals surface area contributed by atoms with Crippen LogP contribution in [0.2, 0.25) is 5.15 Å². The Kier molecular flexibility index (Phi) is 4.98. The van der Waals surface area contributed by atoms with E-state index in [0.29, 0.717) is 17.7 Å². The third-order valence-corrected chi connectivity index (χ3v) is 5.50. The predicted octanol–water partition coefficient (Wildman–Crippen LogP) is 2.73. The molecule has 0 saturated carbocycles. The van der Waals surface area contributed by atoms with Crippen molar-refractivity contribution in [3.63, 3.8) is 0 Å². The Morgan fingerprint density at radius 2 is 1.79 bits per heavy atom. The van der Waals surface area contributed by atoms with Crippen LogP contribution in [-0.4, -0.2) is 33.2 Å². The molecule has 12 heteroatoms. The molecule has 0 bridgehead atoms. The Morgan fingerprint density at radius 1 is 1.14 bits per heavy atom. The van der Waals surface area contributed by atoms with Gasteiger partial charge in [-0.05, 0) is 42.0 Å². The molecule has 0 radical (unpaired) electrons. The molecule has 148 valence electrons. The summed E-state index contributed by atoms with van der Waals surface area (Å²) >= 11 is 5.78. The second-order valence-electron chi connectivity index (χ2n) is 5.66. The minimum absolute atomic E-state index is 0.00450. The Labute approximate surface area is 161 Å². The number of hydrogen-bond acceptors (Lipinski definition) is 5. The molecule has 7 nitrogen and oxygen atoms in total. The summed E-state index contributed by atoms with van der Waals surface area (Å²) in [5.74, 6) is -0.475. The molecule has 3 rings (SSSR count). The normalized spacial score (nSPS) is 12.3. The van der Waals surface area contributed by atoms with Gasteiger partial charge in [-0.25, -0.2) is 22.8 Å². The first-order valence-electron chi connectivity index (χ1n) is 7.54. The van der Waals surface area contributed by atoms with Crippen LogP contribution >= 0.6 is 11.6 Å². The number of benzene rings is 1. The van der Waals surface area contributed by atoms with Crippen LogP contribution in [0.5, 0.6) is 5.88 Å². The Bertz CT molecular complexity index is 1190. The highest BCUT2D eigenvalue weighted by molar-refractivity contribution is 7.92. The zero-order chi connectivity index (χ0) is 20.7. The maximum absolute atomic E-state index is 12.6. The summed E-state index contributed by atoms with van der Waals surface area (Å²) in [6.07, 6.45) is 2.58. The van der Waals surface area contributed by atoms with E-state index in [2.05, 4.69) is 4.98 Å². The molecule has 0 aliphatic rings. The van der Waals surface area contributed by atoms with Crippen molar-refractivity contribution in [2.24, 2.45) is 0 Å². The van der Waals surface area contributed by atoms with E-state index in [0.717, 1.165) is 27.5 Å². The van der Waals surface area contributed by atoms with Gasteiger partial charge in [-0.2, -0.15) is 13.2 Å². The molecule has 0 atom stereocenters. The van der Waals surface area contributed by atoms with Crippen LogP contribution in [0, 0.1) is 0 Å². The number of imidazole rings is 1. The summed E-state index contributed by atoms with van der Waals surface area (Å²) in [7, 11) is -5.51. The van der Waals surface area contributed by atoms with Crippen LogP contribution in [0.3, 0.4) is 0 Å². The smallest absolute Gasteiger partial charge is 0.493 e. The lowest BCUT2D eigenvalue weighted by Crippen LogP contribution is -2.24. The molecule has 1 aromatic carbocycles. The molecule has 0 saturated heterocycles. The maximum atomic E-state index is 12.6. The first-order chi connectivity index (χ1) is 13.0. The molecule has 1 N–H and O–H groups in total. The standard InChI is InChI=1S/C16H11ClF3N3O4S/c17-13-7-10(5-6-21-13)8-22-9-14(24)23(15(22)25)11-1-3-12(4-2-11)28(26,27)16(18,19)20/h1-7,9,24H,8H2. The Morgan fingerprint density at radius 3 is 2.36 bits per heavy atom. The number of alkyl halides is 3. The fourth-order valence-corrected chi connectivity index (χ4v) is 3.44. The topological polar surface area (TPSA) is 94.2 Å². The number of halogens is 4. The number of pyridine rings is 1. The van der Waals surface area contributed by atoms with Gasteiger partial charge in [0.1, 0.15) is 5.15 Å². The highest BCUT2D eigenvalue weighted by Crippen LogP contribution is 2.30. The molecule has 2 heterocycles. The number of sulfone groups is 1. The first-order valence-corrected chi connectivity index (χ1v) is 9.40. The number of aromatic hydroxyl groups is 1. The Balaban J connectivity index is 1.97. The summed E-state index contributed by atoms with van der Waals surface area (Å²) in [5.41, 5.74) is -5.50. The number of nitrogens with zero attached hydrogens (tertiary/aromatic N) is 3. The second kappa shape index (κ2) is 6.99. The second-order valence-corrected chi connectivity index (χ2v) is 7.99.